The molecule has 0 bridgehead atoms. The van der Waals surface area contributed by atoms with Gasteiger partial charge in [0, 0.05) is 25.0 Å². The lowest BCUT2D eigenvalue weighted by Gasteiger charge is -2.20. The Bertz CT molecular complexity index is 348. The van der Waals surface area contributed by atoms with E-state index in [1.165, 1.54) is 37.8 Å². The van der Waals surface area contributed by atoms with Gasteiger partial charge < -0.3 is 9.88 Å². The molecule has 1 atom stereocenters. The normalized spacial score (nSPS) is 18.7. The first kappa shape index (κ1) is 13.7. The van der Waals surface area contributed by atoms with Gasteiger partial charge >= 0.3 is 0 Å². The number of aromatic nitrogens is 1. The molecule has 1 unspecified atom stereocenters. The number of nitrogens with one attached hydrogen (secondary N) is 1. The smallest absolute Gasteiger partial charge is 0.0358 e. The fourth-order valence-corrected chi connectivity index (χ4v) is 3.21. The number of rotatable bonds is 6. The molecule has 1 aliphatic carbocycles. The molecule has 2 nitrogen and oxygen atoms in total. The molecule has 0 spiro atoms. The molecular weight excluding hydrogens is 220 g/mol. The second kappa shape index (κ2) is 6.42. The van der Waals surface area contributed by atoms with Crippen LogP contribution in [0.5, 0.6) is 0 Å². The van der Waals surface area contributed by atoms with Gasteiger partial charge in [-0.05, 0) is 42.9 Å². The number of hydrogen-bond acceptors (Lipinski definition) is 1. The number of hydrogen-bond donors (Lipinski definition) is 1. The predicted octanol–water partition coefficient (Wildman–Crippen LogP) is 3.98. The summed E-state index contributed by atoms with van der Waals surface area (Å²) in [6.45, 7) is 9.03. The molecule has 0 radical (unpaired) electrons. The van der Waals surface area contributed by atoms with E-state index in [0.29, 0.717) is 12.0 Å². The van der Waals surface area contributed by atoms with Crippen molar-refractivity contribution in [3.05, 3.63) is 24.0 Å². The van der Waals surface area contributed by atoms with Gasteiger partial charge in [-0.1, -0.05) is 33.6 Å². The lowest BCUT2D eigenvalue weighted by atomic mass is 9.98. The van der Waals surface area contributed by atoms with E-state index in [2.05, 4.69) is 49.1 Å². The molecule has 1 aliphatic rings. The monoisotopic (exact) mass is 248 g/mol. The Morgan fingerprint density at radius 3 is 2.67 bits per heavy atom. The molecule has 1 heterocycles. The van der Waals surface area contributed by atoms with Crippen LogP contribution in [0.25, 0.3) is 0 Å². The molecule has 2 rings (SSSR count). The van der Waals surface area contributed by atoms with Crippen LogP contribution >= 0.6 is 0 Å². The Morgan fingerprint density at radius 2 is 2.06 bits per heavy atom. The summed E-state index contributed by atoms with van der Waals surface area (Å²) in [4.78, 5) is 0. The predicted molar refractivity (Wildman–Crippen MR) is 77.6 cm³/mol. The lowest BCUT2D eigenvalue weighted by molar-refractivity contribution is 0.418. The van der Waals surface area contributed by atoms with Crippen molar-refractivity contribution in [1.29, 1.82) is 0 Å². The van der Waals surface area contributed by atoms with Crippen LogP contribution in [0, 0.1) is 11.8 Å². The van der Waals surface area contributed by atoms with Crippen LogP contribution in [0.2, 0.25) is 0 Å². The molecule has 102 valence electrons. The summed E-state index contributed by atoms with van der Waals surface area (Å²) in [6.07, 6.45) is 10.3. The minimum atomic E-state index is 0.500. The van der Waals surface area contributed by atoms with Gasteiger partial charge in [-0.25, -0.2) is 0 Å². The van der Waals surface area contributed by atoms with Crippen LogP contribution in [0.1, 0.15) is 58.1 Å². The third-order valence-electron chi connectivity index (χ3n) is 4.17. The van der Waals surface area contributed by atoms with Crippen LogP contribution in [-0.4, -0.2) is 11.1 Å². The largest absolute Gasteiger partial charge is 0.354 e. The van der Waals surface area contributed by atoms with Crippen LogP contribution in [0.4, 0.5) is 0 Å². The SMILES string of the molecule is CCNC(c1ccn(CC2CCCC2)c1)C(C)C. The highest BCUT2D eigenvalue weighted by Gasteiger charge is 2.18. The third kappa shape index (κ3) is 3.38. The van der Waals surface area contributed by atoms with E-state index in [4.69, 9.17) is 0 Å². The topological polar surface area (TPSA) is 17.0 Å². The van der Waals surface area contributed by atoms with Gasteiger partial charge in [0.05, 0.1) is 0 Å². The molecule has 0 amide bonds. The average molecular weight is 248 g/mol. The molecule has 1 fully saturated rings. The Kier molecular flexibility index (Phi) is 4.87. The van der Waals surface area contributed by atoms with E-state index in [-0.39, 0.29) is 0 Å². The van der Waals surface area contributed by atoms with Crippen molar-refractivity contribution >= 4 is 0 Å². The van der Waals surface area contributed by atoms with Gasteiger partial charge in [-0.2, -0.15) is 0 Å². The van der Waals surface area contributed by atoms with Gasteiger partial charge in [-0.15, -0.1) is 0 Å². The zero-order chi connectivity index (χ0) is 13.0. The molecule has 2 heteroatoms. The fourth-order valence-electron chi connectivity index (χ4n) is 3.21. The Morgan fingerprint density at radius 1 is 1.33 bits per heavy atom. The molecule has 0 aromatic carbocycles. The lowest BCUT2D eigenvalue weighted by Crippen LogP contribution is -2.25. The maximum atomic E-state index is 3.59. The van der Waals surface area contributed by atoms with E-state index in [0.717, 1.165) is 12.5 Å². The van der Waals surface area contributed by atoms with Crippen molar-refractivity contribution in [2.24, 2.45) is 11.8 Å². The van der Waals surface area contributed by atoms with Crippen LogP contribution in [0.3, 0.4) is 0 Å². The fraction of sp³-hybridized carbons (Fsp3) is 0.750. The first-order valence-electron chi connectivity index (χ1n) is 7.59. The zero-order valence-corrected chi connectivity index (χ0v) is 12.2. The quantitative estimate of drug-likeness (QED) is 0.805. The second-order valence-electron chi connectivity index (χ2n) is 6.07. The van der Waals surface area contributed by atoms with E-state index in [1.54, 1.807) is 0 Å². The van der Waals surface area contributed by atoms with Crippen molar-refractivity contribution in [3.8, 4) is 0 Å². The molecular formula is C16H28N2. The maximum Gasteiger partial charge on any atom is 0.0358 e. The molecule has 18 heavy (non-hydrogen) atoms. The molecule has 1 N–H and O–H groups in total. The Labute approximate surface area is 112 Å². The molecule has 0 aliphatic heterocycles. The summed E-state index contributed by atoms with van der Waals surface area (Å²) >= 11 is 0. The highest BCUT2D eigenvalue weighted by atomic mass is 15.0. The van der Waals surface area contributed by atoms with E-state index in [1.807, 2.05) is 0 Å². The van der Waals surface area contributed by atoms with E-state index >= 15 is 0 Å². The van der Waals surface area contributed by atoms with Crippen molar-refractivity contribution in [2.45, 2.75) is 59.0 Å². The van der Waals surface area contributed by atoms with Crippen molar-refractivity contribution < 1.29 is 0 Å². The Hall–Kier alpha value is -0.760. The van der Waals surface area contributed by atoms with Gasteiger partial charge in [-0.3, -0.25) is 0 Å². The zero-order valence-electron chi connectivity index (χ0n) is 12.2. The van der Waals surface area contributed by atoms with Gasteiger partial charge in [0.1, 0.15) is 0 Å². The highest BCUT2D eigenvalue weighted by Crippen LogP contribution is 2.27. The standard InChI is InChI=1S/C16H28N2/c1-4-17-16(13(2)3)15-9-10-18(12-15)11-14-7-5-6-8-14/h9-10,12-14,16-17H,4-8,11H2,1-3H3. The first-order chi connectivity index (χ1) is 8.70. The minimum absolute atomic E-state index is 0.500. The van der Waals surface area contributed by atoms with Crippen LogP contribution < -0.4 is 5.32 Å². The van der Waals surface area contributed by atoms with Gasteiger partial charge in [0.25, 0.3) is 0 Å². The summed E-state index contributed by atoms with van der Waals surface area (Å²) in [5.41, 5.74) is 1.45. The van der Waals surface area contributed by atoms with Crippen LogP contribution in [0.15, 0.2) is 18.5 Å². The molecule has 1 aromatic rings. The second-order valence-corrected chi connectivity index (χ2v) is 6.07. The third-order valence-corrected chi connectivity index (χ3v) is 4.17. The highest BCUT2D eigenvalue weighted by molar-refractivity contribution is 5.16. The van der Waals surface area contributed by atoms with Gasteiger partial charge in [0.2, 0.25) is 0 Å². The van der Waals surface area contributed by atoms with Crippen molar-refractivity contribution in [2.75, 3.05) is 6.54 Å². The maximum absolute atomic E-state index is 3.59. The summed E-state index contributed by atoms with van der Waals surface area (Å²) < 4.78 is 2.40. The Balaban J connectivity index is 1.98. The summed E-state index contributed by atoms with van der Waals surface area (Å²) in [5, 5.41) is 3.59. The summed E-state index contributed by atoms with van der Waals surface area (Å²) in [6, 6.07) is 2.79. The van der Waals surface area contributed by atoms with Crippen molar-refractivity contribution in [1.82, 2.24) is 9.88 Å². The molecule has 1 saturated carbocycles. The van der Waals surface area contributed by atoms with Crippen LogP contribution in [-0.2, 0) is 6.54 Å². The minimum Gasteiger partial charge on any atom is -0.354 e. The summed E-state index contributed by atoms with van der Waals surface area (Å²) in [7, 11) is 0. The van der Waals surface area contributed by atoms with Crippen molar-refractivity contribution in [3.63, 3.8) is 0 Å². The first-order valence-corrected chi connectivity index (χ1v) is 7.59. The average Bonchev–Trinajstić information content (AvgIpc) is 2.97. The number of nitrogens with zero attached hydrogens (tertiary/aromatic N) is 1. The van der Waals surface area contributed by atoms with E-state index in [9.17, 15) is 0 Å². The van der Waals surface area contributed by atoms with Gasteiger partial charge in [0.15, 0.2) is 0 Å². The molecule has 1 aromatic heterocycles. The molecule has 0 saturated heterocycles. The van der Waals surface area contributed by atoms with E-state index < -0.39 is 0 Å². The summed E-state index contributed by atoms with van der Waals surface area (Å²) in [5.74, 6) is 1.56.